The first-order valence-corrected chi connectivity index (χ1v) is 7.02. The molecule has 110 valence electrons. The minimum absolute atomic E-state index is 0.0207. The third-order valence-electron chi connectivity index (χ3n) is 3.73. The molecule has 0 radical (unpaired) electrons. The minimum Gasteiger partial charge on any atom is -0.468 e. The van der Waals surface area contributed by atoms with Crippen LogP contribution in [0.15, 0.2) is 6.20 Å². The summed E-state index contributed by atoms with van der Waals surface area (Å²) in [6.45, 7) is 1.52. The van der Waals surface area contributed by atoms with E-state index < -0.39 is 0 Å². The molecule has 0 aliphatic heterocycles. The van der Waals surface area contributed by atoms with Crippen molar-refractivity contribution in [2.24, 2.45) is 0 Å². The predicted molar refractivity (Wildman–Crippen MR) is 74.3 cm³/mol. The maximum absolute atomic E-state index is 11.7. The monoisotopic (exact) mass is 279 g/mol. The predicted octanol–water partition coefficient (Wildman–Crippen LogP) is 1.85. The number of methoxy groups -OCH3 is 1. The maximum atomic E-state index is 11.7. The Morgan fingerprint density at radius 1 is 1.40 bits per heavy atom. The zero-order chi connectivity index (χ0) is 14.5. The summed E-state index contributed by atoms with van der Waals surface area (Å²) < 4.78 is 6.28. The quantitative estimate of drug-likeness (QED) is 0.657. The standard InChI is InChI=1S/C14H21N3O3/c1-10(18)12-8-15-14(11-6-4-3-5-7-11)17(12)16-9-13(19)20-2/h8,11,16H,3-7,9H2,1-2H3. The molecule has 2 rings (SSSR count). The molecule has 1 fully saturated rings. The van der Waals surface area contributed by atoms with Crippen LogP contribution in [0.3, 0.4) is 0 Å². The van der Waals surface area contributed by atoms with Gasteiger partial charge in [-0.25, -0.2) is 9.66 Å². The van der Waals surface area contributed by atoms with Gasteiger partial charge in [0, 0.05) is 12.8 Å². The molecule has 0 bridgehead atoms. The Morgan fingerprint density at radius 3 is 2.70 bits per heavy atom. The lowest BCUT2D eigenvalue weighted by Crippen LogP contribution is -2.28. The van der Waals surface area contributed by atoms with Gasteiger partial charge in [0.1, 0.15) is 18.1 Å². The second kappa shape index (κ2) is 6.54. The van der Waals surface area contributed by atoms with Gasteiger partial charge in [-0.05, 0) is 12.8 Å². The van der Waals surface area contributed by atoms with Crippen molar-refractivity contribution in [1.82, 2.24) is 9.66 Å². The lowest BCUT2D eigenvalue weighted by Gasteiger charge is -2.23. The fourth-order valence-electron chi connectivity index (χ4n) is 2.65. The zero-order valence-electron chi connectivity index (χ0n) is 12.0. The van der Waals surface area contributed by atoms with E-state index in [1.807, 2.05) is 0 Å². The van der Waals surface area contributed by atoms with E-state index >= 15 is 0 Å². The largest absolute Gasteiger partial charge is 0.468 e. The van der Waals surface area contributed by atoms with Crippen LogP contribution >= 0.6 is 0 Å². The molecule has 1 aromatic heterocycles. The van der Waals surface area contributed by atoms with Crippen LogP contribution in [0.25, 0.3) is 0 Å². The molecule has 20 heavy (non-hydrogen) atoms. The fraction of sp³-hybridized carbons (Fsp3) is 0.643. The van der Waals surface area contributed by atoms with Gasteiger partial charge in [0.2, 0.25) is 0 Å². The van der Waals surface area contributed by atoms with Gasteiger partial charge in [0.15, 0.2) is 5.78 Å². The highest BCUT2D eigenvalue weighted by molar-refractivity contribution is 5.92. The number of carbonyl (C=O) groups is 2. The number of ether oxygens (including phenoxy) is 1. The summed E-state index contributed by atoms with van der Waals surface area (Å²) >= 11 is 0. The summed E-state index contributed by atoms with van der Waals surface area (Å²) in [6.07, 6.45) is 7.36. The molecule has 1 heterocycles. The van der Waals surface area contributed by atoms with Gasteiger partial charge in [0.05, 0.1) is 13.3 Å². The average Bonchev–Trinajstić information content (AvgIpc) is 2.89. The SMILES string of the molecule is COC(=O)CNn1c(C(C)=O)cnc1C1CCCCC1. The van der Waals surface area contributed by atoms with E-state index in [0.29, 0.717) is 11.6 Å². The number of carbonyl (C=O) groups excluding carboxylic acids is 2. The fourth-order valence-corrected chi connectivity index (χ4v) is 2.65. The van der Waals surface area contributed by atoms with Gasteiger partial charge < -0.3 is 10.2 Å². The zero-order valence-corrected chi connectivity index (χ0v) is 12.0. The van der Waals surface area contributed by atoms with E-state index in [1.54, 1.807) is 10.9 Å². The molecule has 1 aliphatic rings. The minimum atomic E-state index is -0.372. The summed E-state index contributed by atoms with van der Waals surface area (Å²) in [5.74, 6) is 0.750. The number of esters is 1. The number of imidazole rings is 1. The molecule has 1 saturated carbocycles. The second-order valence-corrected chi connectivity index (χ2v) is 5.14. The van der Waals surface area contributed by atoms with Crippen molar-refractivity contribution in [2.45, 2.75) is 44.9 Å². The van der Waals surface area contributed by atoms with Gasteiger partial charge in [0.25, 0.3) is 0 Å². The molecular weight excluding hydrogens is 258 g/mol. The summed E-state index contributed by atoms with van der Waals surface area (Å²) in [6, 6.07) is 0. The van der Waals surface area contributed by atoms with Gasteiger partial charge >= 0.3 is 5.97 Å². The molecule has 0 unspecified atom stereocenters. The highest BCUT2D eigenvalue weighted by atomic mass is 16.5. The molecule has 0 aromatic carbocycles. The van der Waals surface area contributed by atoms with E-state index in [-0.39, 0.29) is 18.3 Å². The van der Waals surface area contributed by atoms with Crippen LogP contribution in [0.2, 0.25) is 0 Å². The number of nitrogens with one attached hydrogen (secondary N) is 1. The van der Waals surface area contributed by atoms with E-state index in [4.69, 9.17) is 0 Å². The lowest BCUT2D eigenvalue weighted by atomic mass is 9.89. The van der Waals surface area contributed by atoms with Crippen molar-refractivity contribution in [2.75, 3.05) is 19.1 Å². The smallest absolute Gasteiger partial charge is 0.326 e. The molecular formula is C14H21N3O3. The summed E-state index contributed by atoms with van der Waals surface area (Å²) in [5, 5.41) is 0. The molecule has 1 N–H and O–H groups in total. The molecule has 1 aliphatic carbocycles. The number of ketones is 1. The first-order chi connectivity index (χ1) is 9.63. The third kappa shape index (κ3) is 3.18. The van der Waals surface area contributed by atoms with E-state index in [1.165, 1.54) is 33.3 Å². The van der Waals surface area contributed by atoms with E-state index in [2.05, 4.69) is 15.1 Å². The Balaban J connectivity index is 2.21. The first kappa shape index (κ1) is 14.6. The topological polar surface area (TPSA) is 73.2 Å². The number of hydrogen-bond donors (Lipinski definition) is 1. The molecule has 1 aromatic rings. The highest BCUT2D eigenvalue weighted by Gasteiger charge is 2.23. The molecule has 0 saturated heterocycles. The van der Waals surface area contributed by atoms with Crippen molar-refractivity contribution >= 4 is 11.8 Å². The Labute approximate surface area is 118 Å². The van der Waals surface area contributed by atoms with Gasteiger partial charge in [-0.1, -0.05) is 19.3 Å². The summed E-state index contributed by atoms with van der Waals surface area (Å²) in [4.78, 5) is 27.3. The van der Waals surface area contributed by atoms with Crippen LogP contribution in [0, 0.1) is 0 Å². The maximum Gasteiger partial charge on any atom is 0.326 e. The number of aromatic nitrogens is 2. The van der Waals surface area contributed by atoms with E-state index in [9.17, 15) is 9.59 Å². The molecule has 6 heteroatoms. The van der Waals surface area contributed by atoms with Crippen LogP contribution in [0.5, 0.6) is 0 Å². The second-order valence-electron chi connectivity index (χ2n) is 5.14. The van der Waals surface area contributed by atoms with Crippen LogP contribution in [0.1, 0.15) is 61.3 Å². The summed E-state index contributed by atoms with van der Waals surface area (Å²) in [5.41, 5.74) is 3.43. The van der Waals surface area contributed by atoms with Crippen molar-refractivity contribution in [3.63, 3.8) is 0 Å². The van der Waals surface area contributed by atoms with Crippen LogP contribution in [0.4, 0.5) is 0 Å². The van der Waals surface area contributed by atoms with Gasteiger partial charge in [-0.3, -0.25) is 9.59 Å². The Morgan fingerprint density at radius 2 is 2.10 bits per heavy atom. The Hall–Kier alpha value is -1.85. The molecule has 0 spiro atoms. The molecule has 6 nitrogen and oxygen atoms in total. The van der Waals surface area contributed by atoms with Crippen LogP contribution in [-0.2, 0) is 9.53 Å². The Bertz CT molecular complexity index is 490. The number of Topliss-reactive ketones (excluding diaryl/α,β-unsaturated/α-hetero) is 1. The lowest BCUT2D eigenvalue weighted by molar-refractivity contribution is -0.138. The van der Waals surface area contributed by atoms with Crippen molar-refractivity contribution in [3.05, 3.63) is 17.7 Å². The highest BCUT2D eigenvalue weighted by Crippen LogP contribution is 2.31. The van der Waals surface area contributed by atoms with Crippen molar-refractivity contribution in [3.8, 4) is 0 Å². The van der Waals surface area contributed by atoms with E-state index in [0.717, 1.165) is 18.7 Å². The number of nitrogens with zero attached hydrogens (tertiary/aromatic N) is 2. The van der Waals surface area contributed by atoms with Gasteiger partial charge in [-0.15, -0.1) is 0 Å². The summed E-state index contributed by atoms with van der Waals surface area (Å²) in [7, 11) is 1.34. The first-order valence-electron chi connectivity index (χ1n) is 7.02. The van der Waals surface area contributed by atoms with Crippen molar-refractivity contribution in [1.29, 1.82) is 0 Å². The molecule has 0 amide bonds. The Kier molecular flexibility index (Phi) is 4.76. The normalized spacial score (nSPS) is 15.9. The van der Waals surface area contributed by atoms with Crippen molar-refractivity contribution < 1.29 is 14.3 Å². The van der Waals surface area contributed by atoms with Gasteiger partial charge in [-0.2, -0.15) is 0 Å². The van der Waals surface area contributed by atoms with Crippen LogP contribution in [-0.4, -0.2) is 35.1 Å². The molecule has 0 atom stereocenters. The average molecular weight is 279 g/mol. The number of hydrogen-bond acceptors (Lipinski definition) is 5. The third-order valence-corrected chi connectivity index (χ3v) is 3.73. The van der Waals surface area contributed by atoms with Crippen LogP contribution < -0.4 is 5.43 Å². The number of rotatable bonds is 5.